The summed E-state index contributed by atoms with van der Waals surface area (Å²) in [5.74, 6) is -0.102. The molecule has 0 spiro atoms. The number of nitrogens with zero attached hydrogens (tertiary/aromatic N) is 2. The lowest BCUT2D eigenvalue weighted by molar-refractivity contribution is -0.144. The highest BCUT2D eigenvalue weighted by molar-refractivity contribution is 6.06. The maximum absolute atomic E-state index is 14.0. The number of phenols is 1. The highest BCUT2D eigenvalue weighted by atomic mass is 16.5. The van der Waals surface area contributed by atoms with Crippen LogP contribution in [0.2, 0.25) is 0 Å². The molecule has 3 fully saturated rings. The number of imide groups is 1. The molecule has 0 saturated carbocycles. The van der Waals surface area contributed by atoms with Crippen molar-refractivity contribution >= 4 is 17.9 Å². The zero-order valence-electron chi connectivity index (χ0n) is 25.7. The number of rotatable bonds is 10. The molecule has 4 atom stereocenters. The molecule has 2 amide bonds. The van der Waals surface area contributed by atoms with Crippen LogP contribution in [0.1, 0.15) is 76.3 Å². The summed E-state index contributed by atoms with van der Waals surface area (Å²) in [6.45, 7) is 7.63. The molecule has 228 valence electrons. The number of fused-ring (bicyclic) bond motifs is 3. The zero-order chi connectivity index (χ0) is 29.9. The minimum atomic E-state index is -0.275. The number of ether oxygens (including phenoxy) is 1. The molecule has 4 aliphatic rings. The van der Waals surface area contributed by atoms with E-state index in [0.29, 0.717) is 13.0 Å². The highest BCUT2D eigenvalue weighted by Gasteiger charge is 2.58. The number of phenolic OH excluding ortho intramolecular Hbond substituents is 1. The molecule has 1 N–H and O–H groups in total. The molecule has 0 aromatic heterocycles. The first-order valence-electron chi connectivity index (χ1n) is 16.4. The van der Waals surface area contributed by atoms with Gasteiger partial charge in [-0.3, -0.25) is 19.4 Å². The standard InChI is InChI=1S/C37H46N2O4/c1-3-9-25(20-27-12-8-13-30(40)21-27)14-15-33-34-28(4-2)22-31-35(32(34)24-43-33)37(42)39(36(31)41)29-16-18-38(19-17-29)23-26-10-6-5-7-11-26/h5-8,10-13,20-21,29,31-33,35,40H,3-4,9,14-19,22-24H2,1-2H3/b25-20+/t31-,32+,33-,35-/m1/s1. The van der Waals surface area contributed by atoms with Gasteiger partial charge < -0.3 is 9.84 Å². The summed E-state index contributed by atoms with van der Waals surface area (Å²) in [6, 6.07) is 17.9. The fraction of sp³-hybridized carbons (Fsp3) is 0.514. The largest absolute Gasteiger partial charge is 0.508 e. The van der Waals surface area contributed by atoms with Gasteiger partial charge >= 0.3 is 0 Å². The van der Waals surface area contributed by atoms with Crippen molar-refractivity contribution < 1.29 is 19.4 Å². The van der Waals surface area contributed by atoms with E-state index < -0.39 is 0 Å². The number of benzene rings is 2. The lowest BCUT2D eigenvalue weighted by Gasteiger charge is -2.36. The van der Waals surface area contributed by atoms with Gasteiger partial charge in [-0.25, -0.2) is 0 Å². The van der Waals surface area contributed by atoms with E-state index in [9.17, 15) is 14.7 Å². The molecule has 6 nitrogen and oxygen atoms in total. The molecular formula is C37H46N2O4. The van der Waals surface area contributed by atoms with Crippen LogP contribution in [-0.2, 0) is 20.9 Å². The third-order valence-electron chi connectivity index (χ3n) is 10.2. The normalized spacial score (nSPS) is 26.7. The summed E-state index contributed by atoms with van der Waals surface area (Å²) in [4.78, 5) is 32.0. The molecule has 0 radical (unpaired) electrons. The van der Waals surface area contributed by atoms with Gasteiger partial charge in [0.25, 0.3) is 0 Å². The monoisotopic (exact) mass is 582 g/mol. The molecule has 6 rings (SSSR count). The van der Waals surface area contributed by atoms with Crippen LogP contribution in [0.4, 0.5) is 0 Å². The Labute approximate surface area is 256 Å². The summed E-state index contributed by atoms with van der Waals surface area (Å²) in [6.07, 6.45) is 9.34. The second kappa shape index (κ2) is 13.2. The number of carbonyl (C=O) groups is 2. The van der Waals surface area contributed by atoms with Gasteiger partial charge in [-0.05, 0) is 73.8 Å². The predicted octanol–water partition coefficient (Wildman–Crippen LogP) is 6.75. The number of likely N-dealkylation sites (tertiary alicyclic amines) is 2. The van der Waals surface area contributed by atoms with E-state index in [4.69, 9.17) is 4.74 Å². The number of aromatic hydroxyl groups is 1. The number of amides is 2. The lowest BCUT2D eigenvalue weighted by atomic mass is 9.69. The lowest BCUT2D eigenvalue weighted by Crippen LogP contribution is -2.47. The van der Waals surface area contributed by atoms with E-state index >= 15 is 0 Å². The van der Waals surface area contributed by atoms with E-state index in [0.717, 1.165) is 70.1 Å². The fourth-order valence-corrected chi connectivity index (χ4v) is 8.13. The van der Waals surface area contributed by atoms with Crippen molar-refractivity contribution in [3.05, 3.63) is 82.4 Å². The Hall–Kier alpha value is -3.22. The summed E-state index contributed by atoms with van der Waals surface area (Å²) in [5, 5.41) is 9.91. The summed E-state index contributed by atoms with van der Waals surface area (Å²) in [7, 11) is 0. The Kier molecular flexibility index (Phi) is 9.15. The van der Waals surface area contributed by atoms with Gasteiger partial charge in [-0.1, -0.05) is 80.0 Å². The van der Waals surface area contributed by atoms with Gasteiger partial charge in [0.1, 0.15) is 5.75 Å². The first-order valence-corrected chi connectivity index (χ1v) is 16.4. The molecule has 3 aliphatic heterocycles. The van der Waals surface area contributed by atoms with Crippen LogP contribution >= 0.6 is 0 Å². The third kappa shape index (κ3) is 6.23. The number of piperidine rings is 1. The Bertz CT molecular complexity index is 1370. The van der Waals surface area contributed by atoms with E-state index in [1.165, 1.54) is 22.3 Å². The van der Waals surface area contributed by atoms with Gasteiger partial charge in [0.15, 0.2) is 0 Å². The van der Waals surface area contributed by atoms with Gasteiger partial charge in [0.2, 0.25) is 11.8 Å². The molecule has 2 aromatic carbocycles. The maximum atomic E-state index is 14.0. The second-order valence-electron chi connectivity index (χ2n) is 12.9. The molecule has 3 heterocycles. The number of hydrogen-bond donors (Lipinski definition) is 1. The molecular weight excluding hydrogens is 536 g/mol. The molecule has 3 saturated heterocycles. The third-order valence-corrected chi connectivity index (χ3v) is 10.2. The Morgan fingerprint density at radius 2 is 1.77 bits per heavy atom. The van der Waals surface area contributed by atoms with Crippen molar-refractivity contribution in [3.63, 3.8) is 0 Å². The van der Waals surface area contributed by atoms with Gasteiger partial charge in [0, 0.05) is 31.6 Å². The van der Waals surface area contributed by atoms with Crippen molar-refractivity contribution in [3.8, 4) is 5.75 Å². The summed E-state index contributed by atoms with van der Waals surface area (Å²) in [5.41, 5.74) is 6.33. The van der Waals surface area contributed by atoms with Crippen molar-refractivity contribution in [1.82, 2.24) is 9.80 Å². The quantitative estimate of drug-likeness (QED) is 0.248. The molecule has 2 aromatic rings. The average Bonchev–Trinajstić information content (AvgIpc) is 3.54. The van der Waals surface area contributed by atoms with Crippen molar-refractivity contribution in [2.24, 2.45) is 17.8 Å². The maximum Gasteiger partial charge on any atom is 0.234 e. The van der Waals surface area contributed by atoms with Crippen LogP contribution in [-0.4, -0.2) is 58.6 Å². The molecule has 0 bridgehead atoms. The number of hydrogen-bond acceptors (Lipinski definition) is 5. The highest BCUT2D eigenvalue weighted by Crippen LogP contribution is 2.51. The van der Waals surface area contributed by atoms with Crippen LogP contribution in [0.5, 0.6) is 5.75 Å². The fourth-order valence-electron chi connectivity index (χ4n) is 8.13. The number of allylic oxidation sites excluding steroid dienone is 2. The minimum Gasteiger partial charge on any atom is -0.508 e. The molecule has 0 unspecified atom stereocenters. The first kappa shape index (κ1) is 29.8. The van der Waals surface area contributed by atoms with Gasteiger partial charge in [0.05, 0.1) is 24.5 Å². The Morgan fingerprint density at radius 1 is 0.977 bits per heavy atom. The predicted molar refractivity (Wildman–Crippen MR) is 169 cm³/mol. The summed E-state index contributed by atoms with van der Waals surface area (Å²) >= 11 is 0. The van der Waals surface area contributed by atoms with E-state index in [2.05, 4.69) is 49.1 Å². The smallest absolute Gasteiger partial charge is 0.234 e. The van der Waals surface area contributed by atoms with Crippen molar-refractivity contribution in [2.75, 3.05) is 19.7 Å². The van der Waals surface area contributed by atoms with Gasteiger partial charge in [-0.2, -0.15) is 0 Å². The summed E-state index contributed by atoms with van der Waals surface area (Å²) < 4.78 is 6.46. The van der Waals surface area contributed by atoms with Crippen LogP contribution in [0, 0.1) is 17.8 Å². The molecule has 6 heteroatoms. The number of carbonyl (C=O) groups excluding carboxylic acids is 2. The minimum absolute atomic E-state index is 0.00318. The van der Waals surface area contributed by atoms with Crippen molar-refractivity contribution in [2.45, 2.75) is 83.9 Å². The zero-order valence-corrected chi connectivity index (χ0v) is 25.7. The van der Waals surface area contributed by atoms with Crippen molar-refractivity contribution in [1.29, 1.82) is 0 Å². The topological polar surface area (TPSA) is 70.1 Å². The van der Waals surface area contributed by atoms with Crippen LogP contribution in [0.15, 0.2) is 71.3 Å². The first-order chi connectivity index (χ1) is 21.0. The van der Waals surface area contributed by atoms with E-state index in [-0.39, 0.29) is 47.5 Å². The van der Waals surface area contributed by atoms with E-state index in [1.54, 1.807) is 17.0 Å². The Balaban J connectivity index is 1.13. The van der Waals surface area contributed by atoms with Gasteiger partial charge in [-0.15, -0.1) is 0 Å². The average molecular weight is 583 g/mol. The van der Waals surface area contributed by atoms with E-state index in [1.807, 2.05) is 18.2 Å². The Morgan fingerprint density at radius 3 is 2.49 bits per heavy atom. The van der Waals surface area contributed by atoms with Crippen LogP contribution in [0.3, 0.4) is 0 Å². The SMILES string of the molecule is CCC/C(=C\c1cccc(O)c1)CC[C@H]1OC[C@H]2C1=C(CC)C[C@H]1C(=O)N(C3CCN(Cc4ccccc4)CC3)C(=O)[C@H]12. The van der Waals surface area contributed by atoms with Crippen LogP contribution in [0.25, 0.3) is 6.08 Å². The second-order valence-corrected chi connectivity index (χ2v) is 12.9. The molecule has 43 heavy (non-hydrogen) atoms. The molecule has 1 aliphatic carbocycles. The van der Waals surface area contributed by atoms with Crippen LogP contribution < -0.4 is 0 Å².